The third kappa shape index (κ3) is 4.36. The van der Waals surface area contributed by atoms with Crippen LogP contribution in [-0.2, 0) is 14.8 Å². The number of carbonyl (C=O) groups is 1. The van der Waals surface area contributed by atoms with Crippen molar-refractivity contribution in [2.24, 2.45) is 5.92 Å². The van der Waals surface area contributed by atoms with Crippen molar-refractivity contribution in [3.8, 4) is 11.1 Å². The van der Waals surface area contributed by atoms with Crippen molar-refractivity contribution < 1.29 is 22.0 Å². The molecular weight excluding hydrogens is 418 g/mol. The summed E-state index contributed by atoms with van der Waals surface area (Å²) in [5.74, 6) is -1.51. The molecule has 5 nitrogen and oxygen atoms in total. The second kappa shape index (κ2) is 7.77. The maximum Gasteiger partial charge on any atom is 0.226 e. The van der Waals surface area contributed by atoms with Crippen molar-refractivity contribution in [2.75, 3.05) is 19.3 Å². The van der Waals surface area contributed by atoms with Crippen molar-refractivity contribution in [3.63, 3.8) is 0 Å². The Bertz CT molecular complexity index is 1020. The smallest absolute Gasteiger partial charge is 0.226 e. The first-order valence-electron chi connectivity index (χ1n) is 9.52. The number of amides is 1. The Labute approximate surface area is 172 Å². The van der Waals surface area contributed by atoms with Gasteiger partial charge in [0.25, 0.3) is 0 Å². The number of thiophene rings is 1. The molecule has 2 heterocycles. The highest BCUT2D eigenvalue weighted by atomic mass is 32.2. The van der Waals surface area contributed by atoms with Gasteiger partial charge < -0.3 is 4.90 Å². The number of halogens is 2. The molecule has 2 aliphatic rings. The van der Waals surface area contributed by atoms with Gasteiger partial charge in [0.15, 0.2) is 0 Å². The summed E-state index contributed by atoms with van der Waals surface area (Å²) in [4.78, 5) is 15.5. The van der Waals surface area contributed by atoms with Crippen LogP contribution in [0, 0.1) is 17.6 Å². The number of hydrogen-bond donors (Lipinski definition) is 1. The van der Waals surface area contributed by atoms with E-state index in [1.165, 1.54) is 29.5 Å². The molecule has 1 N–H and O–H groups in total. The number of benzene rings is 1. The summed E-state index contributed by atoms with van der Waals surface area (Å²) in [5, 5.41) is 1.79. The lowest BCUT2D eigenvalue weighted by atomic mass is 10.0. The Morgan fingerprint density at radius 1 is 1.24 bits per heavy atom. The van der Waals surface area contributed by atoms with Gasteiger partial charge in [-0.15, -0.1) is 11.3 Å². The molecular formula is C20H22F2N2O3S2. The van der Waals surface area contributed by atoms with Crippen LogP contribution in [0.4, 0.5) is 8.78 Å². The Morgan fingerprint density at radius 3 is 2.66 bits per heavy atom. The molecule has 156 valence electrons. The zero-order chi connectivity index (χ0) is 20.8. The predicted octanol–water partition coefficient (Wildman–Crippen LogP) is 3.34. The van der Waals surface area contributed by atoms with E-state index in [2.05, 4.69) is 4.72 Å². The first kappa shape index (κ1) is 20.4. The summed E-state index contributed by atoms with van der Waals surface area (Å²) in [5.41, 5.74) is 0.471. The zero-order valence-corrected chi connectivity index (χ0v) is 17.5. The van der Waals surface area contributed by atoms with Crippen molar-refractivity contribution >= 4 is 27.3 Å². The molecule has 1 amide bonds. The van der Waals surface area contributed by atoms with Crippen LogP contribution >= 0.6 is 11.3 Å². The molecule has 0 unspecified atom stereocenters. The van der Waals surface area contributed by atoms with E-state index in [0.717, 1.165) is 17.6 Å². The van der Waals surface area contributed by atoms with Crippen molar-refractivity contribution in [3.05, 3.63) is 46.2 Å². The number of nitrogens with zero attached hydrogens (tertiary/aromatic N) is 1. The molecule has 2 fully saturated rings. The van der Waals surface area contributed by atoms with E-state index in [1.54, 1.807) is 16.3 Å². The second-order valence-electron chi connectivity index (χ2n) is 7.76. The summed E-state index contributed by atoms with van der Waals surface area (Å²) in [6.45, 7) is 0.956. The lowest BCUT2D eigenvalue weighted by Gasteiger charge is -2.33. The highest BCUT2D eigenvalue weighted by Gasteiger charge is 2.48. The second-order valence-corrected chi connectivity index (χ2v) is 10.5. The molecule has 3 atom stereocenters. The molecule has 29 heavy (non-hydrogen) atoms. The van der Waals surface area contributed by atoms with E-state index in [-0.39, 0.29) is 29.3 Å². The molecule has 1 saturated carbocycles. The summed E-state index contributed by atoms with van der Waals surface area (Å²) >= 11 is 1.41. The maximum atomic E-state index is 14.2. The van der Waals surface area contributed by atoms with Crippen LogP contribution in [0.2, 0.25) is 0 Å². The number of carbonyl (C=O) groups excluding carboxylic acids is 1. The summed E-state index contributed by atoms with van der Waals surface area (Å²) in [6.07, 6.45) is 3.20. The highest BCUT2D eigenvalue weighted by molar-refractivity contribution is 7.88. The topological polar surface area (TPSA) is 66.5 Å². The van der Waals surface area contributed by atoms with Gasteiger partial charge in [0.05, 0.1) is 11.8 Å². The van der Waals surface area contributed by atoms with Crippen LogP contribution < -0.4 is 4.72 Å². The Balaban J connectivity index is 1.48. The minimum atomic E-state index is -3.33. The minimum Gasteiger partial charge on any atom is -0.341 e. The van der Waals surface area contributed by atoms with E-state index in [1.807, 2.05) is 0 Å². The van der Waals surface area contributed by atoms with Gasteiger partial charge in [-0.1, -0.05) is 6.07 Å². The van der Waals surface area contributed by atoms with Crippen molar-refractivity contribution in [1.82, 2.24) is 9.62 Å². The molecule has 0 bridgehead atoms. The molecule has 1 saturated heterocycles. The largest absolute Gasteiger partial charge is 0.341 e. The Morgan fingerprint density at radius 2 is 1.97 bits per heavy atom. The monoisotopic (exact) mass is 440 g/mol. The summed E-state index contributed by atoms with van der Waals surface area (Å²) < 4.78 is 54.0. The van der Waals surface area contributed by atoms with Gasteiger partial charge in [-0.3, -0.25) is 4.79 Å². The van der Waals surface area contributed by atoms with Crippen LogP contribution in [0.15, 0.2) is 29.6 Å². The van der Waals surface area contributed by atoms with E-state index in [9.17, 15) is 22.0 Å². The van der Waals surface area contributed by atoms with Gasteiger partial charge >= 0.3 is 0 Å². The standard InChI is InChI=1S/C20H22F2N2O3S2/c1-29(26,27)23-12-4-3-8-24(11-12)20(25)15-10-14(15)19-13(7-9-28-19)18-16(21)5-2-6-17(18)22/h2,5-7,9,12,14-15,23H,3-4,8,10-11H2,1H3/t12-,14-,15-/m1/s1. The van der Waals surface area contributed by atoms with Gasteiger partial charge in [-0.05, 0) is 42.8 Å². The summed E-state index contributed by atoms with van der Waals surface area (Å²) in [7, 11) is -3.33. The molecule has 9 heteroatoms. The zero-order valence-electron chi connectivity index (χ0n) is 15.9. The first-order chi connectivity index (χ1) is 13.7. The predicted molar refractivity (Wildman–Crippen MR) is 108 cm³/mol. The van der Waals surface area contributed by atoms with Gasteiger partial charge in [-0.2, -0.15) is 0 Å². The fraction of sp³-hybridized carbons (Fsp3) is 0.450. The lowest BCUT2D eigenvalue weighted by Crippen LogP contribution is -2.49. The number of nitrogens with one attached hydrogen (secondary N) is 1. The molecule has 1 aromatic heterocycles. The quantitative estimate of drug-likeness (QED) is 0.776. The van der Waals surface area contributed by atoms with E-state index in [4.69, 9.17) is 0 Å². The SMILES string of the molecule is CS(=O)(=O)N[C@@H]1CCCN(C(=O)[C@@H]2C[C@H]2c2sccc2-c2c(F)cccc2F)C1. The Hall–Kier alpha value is -1.84. The minimum absolute atomic E-state index is 0.0108. The maximum absolute atomic E-state index is 14.2. The fourth-order valence-electron chi connectivity index (χ4n) is 4.14. The van der Waals surface area contributed by atoms with Gasteiger partial charge in [0.1, 0.15) is 11.6 Å². The molecule has 1 aliphatic carbocycles. The van der Waals surface area contributed by atoms with Crippen LogP contribution in [-0.4, -0.2) is 44.6 Å². The van der Waals surface area contributed by atoms with Crippen LogP contribution in [0.3, 0.4) is 0 Å². The molecule has 4 rings (SSSR count). The van der Waals surface area contributed by atoms with Crippen LogP contribution in [0.5, 0.6) is 0 Å². The van der Waals surface area contributed by atoms with Crippen LogP contribution in [0.25, 0.3) is 11.1 Å². The summed E-state index contributed by atoms with van der Waals surface area (Å²) in [6, 6.07) is 5.23. The number of rotatable bonds is 5. The third-order valence-electron chi connectivity index (χ3n) is 5.49. The average Bonchev–Trinajstić information content (AvgIpc) is 3.29. The molecule has 1 aliphatic heterocycles. The van der Waals surface area contributed by atoms with Gasteiger partial charge in [-0.25, -0.2) is 21.9 Å². The number of likely N-dealkylation sites (tertiary alicyclic amines) is 1. The highest BCUT2D eigenvalue weighted by Crippen LogP contribution is 2.53. The van der Waals surface area contributed by atoms with Crippen molar-refractivity contribution in [2.45, 2.75) is 31.2 Å². The molecule has 0 spiro atoms. The Kier molecular flexibility index (Phi) is 5.48. The number of piperidine rings is 1. The number of sulfonamides is 1. The average molecular weight is 441 g/mol. The van der Waals surface area contributed by atoms with Crippen molar-refractivity contribution in [1.29, 1.82) is 0 Å². The molecule has 2 aromatic rings. The van der Waals surface area contributed by atoms with Crippen LogP contribution in [0.1, 0.15) is 30.1 Å². The third-order valence-corrected chi connectivity index (χ3v) is 7.30. The fourth-order valence-corrected chi connectivity index (χ4v) is 6.02. The normalized spacial score (nSPS) is 24.5. The molecule has 0 radical (unpaired) electrons. The van der Waals surface area contributed by atoms with Gasteiger partial charge in [0.2, 0.25) is 15.9 Å². The van der Waals surface area contributed by atoms with E-state index in [0.29, 0.717) is 31.5 Å². The first-order valence-corrected chi connectivity index (χ1v) is 12.3. The van der Waals surface area contributed by atoms with E-state index < -0.39 is 21.7 Å². The number of hydrogen-bond acceptors (Lipinski definition) is 4. The van der Waals surface area contributed by atoms with Gasteiger partial charge in [0, 0.05) is 41.4 Å². The lowest BCUT2D eigenvalue weighted by molar-refractivity contribution is -0.133. The molecule has 1 aromatic carbocycles. The van der Waals surface area contributed by atoms with E-state index >= 15 is 0 Å².